The number of carbonyl (C=O) groups is 1. The van der Waals surface area contributed by atoms with Crippen LogP contribution in [-0.2, 0) is 0 Å². The molecule has 2 aromatic carbocycles. The third-order valence-corrected chi connectivity index (χ3v) is 4.03. The molecule has 0 atom stereocenters. The standard InChI is InChI=1S/C18H20N2O2/c1-13-11-15(18(22)20-9-7-19-8-10-20)5-6-17(13)14-3-2-4-16(21)12-14/h2-6,11-12,19,21H,7-10H2,1H3. The normalized spacial score (nSPS) is 14.9. The van der Waals surface area contributed by atoms with Crippen LogP contribution in [-0.4, -0.2) is 42.1 Å². The summed E-state index contributed by atoms with van der Waals surface area (Å²) in [6.45, 7) is 5.21. The zero-order valence-electron chi connectivity index (χ0n) is 12.7. The first-order valence-electron chi connectivity index (χ1n) is 7.55. The summed E-state index contributed by atoms with van der Waals surface area (Å²) in [5.74, 6) is 0.338. The maximum absolute atomic E-state index is 12.5. The van der Waals surface area contributed by atoms with Crippen molar-refractivity contribution in [3.05, 3.63) is 53.6 Å². The molecule has 2 N–H and O–H groups in total. The average Bonchev–Trinajstić information content (AvgIpc) is 2.55. The summed E-state index contributed by atoms with van der Waals surface area (Å²) >= 11 is 0. The molecular weight excluding hydrogens is 276 g/mol. The zero-order chi connectivity index (χ0) is 15.5. The fraction of sp³-hybridized carbons (Fsp3) is 0.278. The van der Waals surface area contributed by atoms with Gasteiger partial charge in [-0.1, -0.05) is 18.2 Å². The first kappa shape index (κ1) is 14.6. The van der Waals surface area contributed by atoms with E-state index in [2.05, 4.69) is 5.32 Å². The molecule has 3 rings (SSSR count). The molecule has 22 heavy (non-hydrogen) atoms. The van der Waals surface area contributed by atoms with Crippen LogP contribution in [0.1, 0.15) is 15.9 Å². The van der Waals surface area contributed by atoms with Crippen molar-refractivity contribution in [2.75, 3.05) is 26.2 Å². The number of hydrogen-bond donors (Lipinski definition) is 2. The highest BCUT2D eigenvalue weighted by Gasteiger charge is 2.18. The van der Waals surface area contributed by atoms with Crippen molar-refractivity contribution < 1.29 is 9.90 Å². The lowest BCUT2D eigenvalue weighted by Crippen LogP contribution is -2.46. The van der Waals surface area contributed by atoms with E-state index in [1.165, 1.54) is 0 Å². The van der Waals surface area contributed by atoms with Gasteiger partial charge in [0.15, 0.2) is 0 Å². The van der Waals surface area contributed by atoms with Gasteiger partial charge in [-0.05, 0) is 47.9 Å². The molecule has 4 heteroatoms. The summed E-state index contributed by atoms with van der Waals surface area (Å²) in [6, 6.07) is 12.9. The number of nitrogens with zero attached hydrogens (tertiary/aromatic N) is 1. The third-order valence-electron chi connectivity index (χ3n) is 4.03. The van der Waals surface area contributed by atoms with Crippen LogP contribution in [0.15, 0.2) is 42.5 Å². The number of benzene rings is 2. The van der Waals surface area contributed by atoms with Crippen LogP contribution in [0.4, 0.5) is 0 Å². The Morgan fingerprint density at radius 3 is 2.59 bits per heavy atom. The predicted octanol–water partition coefficient (Wildman–Crippen LogP) is 2.41. The van der Waals surface area contributed by atoms with Gasteiger partial charge in [-0.25, -0.2) is 0 Å². The van der Waals surface area contributed by atoms with Crippen molar-refractivity contribution in [3.8, 4) is 16.9 Å². The molecule has 0 spiro atoms. The minimum absolute atomic E-state index is 0.0899. The highest BCUT2D eigenvalue weighted by molar-refractivity contribution is 5.95. The van der Waals surface area contributed by atoms with E-state index in [0.717, 1.165) is 48.4 Å². The SMILES string of the molecule is Cc1cc(C(=O)N2CCNCC2)ccc1-c1cccc(O)c1. The molecule has 1 aliphatic heterocycles. The molecule has 0 saturated carbocycles. The van der Waals surface area contributed by atoms with Crippen LogP contribution in [0, 0.1) is 6.92 Å². The monoisotopic (exact) mass is 296 g/mol. The first-order valence-corrected chi connectivity index (χ1v) is 7.55. The van der Waals surface area contributed by atoms with E-state index in [-0.39, 0.29) is 11.7 Å². The predicted molar refractivity (Wildman–Crippen MR) is 87.1 cm³/mol. The molecule has 1 aliphatic rings. The number of hydrogen-bond acceptors (Lipinski definition) is 3. The fourth-order valence-electron chi connectivity index (χ4n) is 2.84. The lowest BCUT2D eigenvalue weighted by atomic mass is 9.98. The van der Waals surface area contributed by atoms with E-state index in [0.29, 0.717) is 0 Å². The van der Waals surface area contributed by atoms with Crippen LogP contribution in [0.5, 0.6) is 5.75 Å². The van der Waals surface area contributed by atoms with Gasteiger partial charge in [0.25, 0.3) is 5.91 Å². The van der Waals surface area contributed by atoms with Gasteiger partial charge in [-0.15, -0.1) is 0 Å². The molecule has 1 amide bonds. The molecule has 0 radical (unpaired) electrons. The summed E-state index contributed by atoms with van der Waals surface area (Å²) in [5.41, 5.74) is 3.75. The Morgan fingerprint density at radius 2 is 1.91 bits per heavy atom. The Hall–Kier alpha value is -2.33. The van der Waals surface area contributed by atoms with Crippen LogP contribution in [0.25, 0.3) is 11.1 Å². The summed E-state index contributed by atoms with van der Waals surface area (Å²) in [5, 5.41) is 12.9. The Morgan fingerprint density at radius 1 is 1.14 bits per heavy atom. The van der Waals surface area contributed by atoms with Gasteiger partial charge in [-0.3, -0.25) is 4.79 Å². The van der Waals surface area contributed by atoms with Gasteiger partial charge >= 0.3 is 0 Å². The van der Waals surface area contributed by atoms with E-state index in [9.17, 15) is 9.90 Å². The van der Waals surface area contributed by atoms with Crippen LogP contribution >= 0.6 is 0 Å². The Bertz CT molecular complexity index is 691. The molecule has 4 nitrogen and oxygen atoms in total. The molecule has 0 aliphatic carbocycles. The molecular formula is C18H20N2O2. The second-order valence-electron chi connectivity index (χ2n) is 5.62. The van der Waals surface area contributed by atoms with Crippen molar-refractivity contribution in [1.82, 2.24) is 10.2 Å². The second-order valence-corrected chi connectivity index (χ2v) is 5.62. The number of aryl methyl sites for hydroxylation is 1. The van der Waals surface area contributed by atoms with Gasteiger partial charge in [0, 0.05) is 31.7 Å². The lowest BCUT2D eigenvalue weighted by molar-refractivity contribution is 0.0735. The maximum atomic E-state index is 12.5. The van der Waals surface area contributed by atoms with Crippen molar-refractivity contribution in [2.24, 2.45) is 0 Å². The van der Waals surface area contributed by atoms with Gasteiger partial charge in [0.2, 0.25) is 0 Å². The third kappa shape index (κ3) is 2.97. The average molecular weight is 296 g/mol. The molecule has 1 fully saturated rings. The van der Waals surface area contributed by atoms with E-state index >= 15 is 0 Å². The summed E-state index contributed by atoms with van der Waals surface area (Å²) in [6.07, 6.45) is 0. The first-order chi connectivity index (χ1) is 10.6. The van der Waals surface area contributed by atoms with Crippen LogP contribution in [0.3, 0.4) is 0 Å². The fourth-order valence-corrected chi connectivity index (χ4v) is 2.84. The van der Waals surface area contributed by atoms with E-state index < -0.39 is 0 Å². The number of carbonyl (C=O) groups excluding carboxylic acids is 1. The minimum atomic E-state index is 0.0899. The van der Waals surface area contributed by atoms with Gasteiger partial charge < -0.3 is 15.3 Å². The smallest absolute Gasteiger partial charge is 0.253 e. The minimum Gasteiger partial charge on any atom is -0.508 e. The van der Waals surface area contributed by atoms with E-state index in [4.69, 9.17) is 0 Å². The van der Waals surface area contributed by atoms with Crippen molar-refractivity contribution in [3.63, 3.8) is 0 Å². The lowest BCUT2D eigenvalue weighted by Gasteiger charge is -2.27. The number of amides is 1. The molecule has 114 valence electrons. The van der Waals surface area contributed by atoms with Crippen molar-refractivity contribution >= 4 is 5.91 Å². The quantitative estimate of drug-likeness (QED) is 0.895. The van der Waals surface area contributed by atoms with E-state index in [1.807, 2.05) is 42.2 Å². The summed E-state index contributed by atoms with van der Waals surface area (Å²) in [7, 11) is 0. The van der Waals surface area contributed by atoms with Crippen molar-refractivity contribution in [1.29, 1.82) is 0 Å². The second kappa shape index (κ2) is 6.20. The number of phenolic OH excluding ortho intramolecular Hbond substituents is 1. The molecule has 0 aromatic heterocycles. The molecule has 0 bridgehead atoms. The van der Waals surface area contributed by atoms with Gasteiger partial charge in [-0.2, -0.15) is 0 Å². The molecule has 0 unspecified atom stereocenters. The Kier molecular flexibility index (Phi) is 4.11. The van der Waals surface area contributed by atoms with Crippen LogP contribution in [0.2, 0.25) is 0 Å². The Balaban J connectivity index is 1.87. The largest absolute Gasteiger partial charge is 0.508 e. The zero-order valence-corrected chi connectivity index (χ0v) is 12.7. The van der Waals surface area contributed by atoms with Crippen molar-refractivity contribution in [2.45, 2.75) is 6.92 Å². The summed E-state index contributed by atoms with van der Waals surface area (Å²) < 4.78 is 0. The number of nitrogens with one attached hydrogen (secondary N) is 1. The highest BCUT2D eigenvalue weighted by Crippen LogP contribution is 2.27. The number of aromatic hydroxyl groups is 1. The summed E-state index contributed by atoms with van der Waals surface area (Å²) in [4.78, 5) is 14.4. The van der Waals surface area contributed by atoms with Crippen LogP contribution < -0.4 is 5.32 Å². The number of rotatable bonds is 2. The molecule has 1 heterocycles. The maximum Gasteiger partial charge on any atom is 0.253 e. The van der Waals surface area contributed by atoms with E-state index in [1.54, 1.807) is 12.1 Å². The molecule has 1 saturated heterocycles. The van der Waals surface area contributed by atoms with Gasteiger partial charge in [0.1, 0.15) is 5.75 Å². The topological polar surface area (TPSA) is 52.6 Å². The van der Waals surface area contributed by atoms with Gasteiger partial charge in [0.05, 0.1) is 0 Å². The Labute approximate surface area is 130 Å². The number of piperazine rings is 1. The number of phenols is 1. The molecule has 2 aromatic rings. The highest BCUT2D eigenvalue weighted by atomic mass is 16.3.